The van der Waals surface area contributed by atoms with Crippen LogP contribution in [0.2, 0.25) is 0 Å². The van der Waals surface area contributed by atoms with Crippen molar-refractivity contribution in [1.82, 2.24) is 0 Å². The van der Waals surface area contributed by atoms with Crippen LogP contribution in [0.4, 0.5) is 13.2 Å². The Morgan fingerprint density at radius 1 is 1.09 bits per heavy atom. The topological polar surface area (TPSA) is 61.8 Å². The predicted octanol–water partition coefficient (Wildman–Crippen LogP) is 7.07. The van der Waals surface area contributed by atoms with E-state index in [1.54, 1.807) is 6.92 Å². The van der Waals surface area contributed by atoms with Crippen molar-refractivity contribution in [3.63, 3.8) is 0 Å². The van der Waals surface area contributed by atoms with Crippen LogP contribution in [0.5, 0.6) is 5.75 Å². The van der Waals surface area contributed by atoms with E-state index in [-0.39, 0.29) is 39.5 Å². The minimum atomic E-state index is -2.96. The Hall–Kier alpha value is -3.07. The smallest absolute Gasteiger partial charge is 0.302 e. The summed E-state index contributed by atoms with van der Waals surface area (Å²) in [5, 5.41) is 0. The molecule has 0 radical (unpaired) electrons. The highest BCUT2D eigenvalue weighted by Gasteiger charge is 2.25. The van der Waals surface area contributed by atoms with Crippen LogP contribution in [0, 0.1) is 12.7 Å². The van der Waals surface area contributed by atoms with Crippen LogP contribution < -0.4 is 4.74 Å². The molecule has 9 heteroatoms. The summed E-state index contributed by atoms with van der Waals surface area (Å²) >= 11 is 3.32. The largest absolute Gasteiger partial charge is 0.479 e. The Morgan fingerprint density at radius 3 is 2.20 bits per heavy atom. The second kappa shape index (κ2) is 11.6. The first-order chi connectivity index (χ1) is 16.2. The Kier molecular flexibility index (Phi) is 9.31. The Bertz CT molecular complexity index is 1150. The number of alkyl halides is 2. The monoisotopic (exact) mass is 554 g/mol. The lowest BCUT2D eigenvalue weighted by Gasteiger charge is -2.23. The molecule has 1 unspecified atom stereocenters. The van der Waals surface area contributed by atoms with Crippen molar-refractivity contribution >= 4 is 33.3 Å². The molecule has 188 valence electrons. The van der Waals surface area contributed by atoms with Gasteiger partial charge in [-0.25, -0.2) is 13.2 Å². The fourth-order valence-electron chi connectivity index (χ4n) is 3.14. The van der Waals surface area contributed by atoms with E-state index in [0.717, 1.165) is 13.0 Å². The molecular weight excluding hydrogens is 529 g/mol. The van der Waals surface area contributed by atoms with Gasteiger partial charge in [0.15, 0.2) is 16.6 Å². The Morgan fingerprint density at radius 2 is 1.69 bits per heavy atom. The summed E-state index contributed by atoms with van der Waals surface area (Å²) in [6, 6.07) is 8.18. The molecule has 2 aromatic carbocycles. The number of benzene rings is 2. The van der Waals surface area contributed by atoms with Crippen LogP contribution >= 0.6 is 15.9 Å². The molecule has 0 N–H and O–H groups in total. The number of Topliss-reactive ketones (excluding diaryl/α,β-unsaturated/α-hetero) is 1. The molecule has 0 aliphatic rings. The van der Waals surface area contributed by atoms with E-state index in [9.17, 15) is 22.8 Å². The van der Waals surface area contributed by atoms with Crippen molar-refractivity contribution in [1.29, 1.82) is 0 Å². The summed E-state index contributed by atoms with van der Waals surface area (Å²) in [5.41, 5.74) is 1.25. The van der Waals surface area contributed by atoms with Gasteiger partial charge in [-0.1, -0.05) is 30.8 Å². The van der Waals surface area contributed by atoms with Gasteiger partial charge in [-0.2, -0.15) is 0 Å². The van der Waals surface area contributed by atoms with Gasteiger partial charge in [-0.3, -0.25) is 9.59 Å². The first-order valence-corrected chi connectivity index (χ1v) is 11.3. The molecule has 0 heterocycles. The average Bonchev–Trinajstić information content (AvgIpc) is 2.76. The summed E-state index contributed by atoms with van der Waals surface area (Å²) < 4.78 is 58.0. The Labute approximate surface area is 210 Å². The Balaban J connectivity index is 2.30. The van der Waals surface area contributed by atoms with E-state index in [1.165, 1.54) is 51.1 Å². The maximum absolute atomic E-state index is 14.1. The normalized spacial score (nSPS) is 12.9. The van der Waals surface area contributed by atoms with E-state index in [1.807, 2.05) is 0 Å². The summed E-state index contributed by atoms with van der Waals surface area (Å²) in [6.45, 7) is 10.1. The predicted molar refractivity (Wildman–Crippen MR) is 130 cm³/mol. The second-order valence-electron chi connectivity index (χ2n) is 7.94. The molecule has 5 nitrogen and oxygen atoms in total. The average molecular weight is 555 g/mol. The van der Waals surface area contributed by atoms with E-state index < -0.39 is 29.6 Å². The molecule has 0 saturated carbocycles. The quantitative estimate of drug-likeness (QED) is 0.178. The number of ketones is 1. The van der Waals surface area contributed by atoms with Gasteiger partial charge in [0, 0.05) is 30.5 Å². The zero-order valence-electron chi connectivity index (χ0n) is 20.0. The van der Waals surface area contributed by atoms with Gasteiger partial charge in [0.05, 0.1) is 5.56 Å². The molecule has 2 rings (SSSR count). The molecule has 35 heavy (non-hydrogen) atoms. The van der Waals surface area contributed by atoms with Crippen molar-refractivity contribution in [2.24, 2.45) is 0 Å². The van der Waals surface area contributed by atoms with Gasteiger partial charge < -0.3 is 14.2 Å². The third-order valence-electron chi connectivity index (χ3n) is 5.12. The summed E-state index contributed by atoms with van der Waals surface area (Å²) in [6.07, 6.45) is -1.01. The second-order valence-corrected chi connectivity index (χ2v) is 8.66. The molecule has 0 fully saturated rings. The van der Waals surface area contributed by atoms with E-state index in [2.05, 4.69) is 22.5 Å². The zero-order chi connectivity index (χ0) is 26.5. The molecule has 1 atom stereocenters. The van der Waals surface area contributed by atoms with E-state index in [0.29, 0.717) is 11.1 Å². The lowest BCUT2D eigenvalue weighted by atomic mass is 10.0. The van der Waals surface area contributed by atoms with Crippen LogP contribution in [0.15, 0.2) is 53.4 Å². The number of carbonyl (C=O) groups excluding carboxylic acids is 2. The van der Waals surface area contributed by atoms with Crippen molar-refractivity contribution in [2.75, 3.05) is 6.61 Å². The number of esters is 1. The fraction of sp³-hybridized carbons (Fsp3) is 0.308. The number of ether oxygens (including phenoxy) is 3. The maximum Gasteiger partial charge on any atom is 0.302 e. The number of carbonyl (C=O) groups is 2. The molecule has 0 bridgehead atoms. The van der Waals surface area contributed by atoms with Crippen LogP contribution in [0.25, 0.3) is 5.57 Å². The lowest BCUT2D eigenvalue weighted by Crippen LogP contribution is -2.28. The highest BCUT2D eigenvalue weighted by Crippen LogP contribution is 2.32. The molecule has 2 aromatic rings. The number of rotatable bonds is 10. The highest BCUT2D eigenvalue weighted by molar-refractivity contribution is 9.11. The first-order valence-electron chi connectivity index (χ1n) is 10.5. The summed E-state index contributed by atoms with van der Waals surface area (Å²) in [7, 11) is 0. The minimum Gasteiger partial charge on any atom is -0.479 e. The number of allylic oxidation sites excluding steroid dienone is 1. The third kappa shape index (κ3) is 7.45. The third-order valence-corrected chi connectivity index (χ3v) is 5.88. The number of hydrogen-bond acceptors (Lipinski definition) is 5. The van der Waals surface area contributed by atoms with Crippen molar-refractivity contribution in [3.8, 4) is 5.75 Å². The highest BCUT2D eigenvalue weighted by atomic mass is 79.9. The van der Waals surface area contributed by atoms with Crippen LogP contribution in [-0.4, -0.2) is 24.5 Å². The molecule has 0 amide bonds. The minimum absolute atomic E-state index is 0.0438. The lowest BCUT2D eigenvalue weighted by molar-refractivity contribution is -0.143. The standard InChI is InChI=1S/C26H26BrF3O5/c1-14(19-7-9-20(10-8-19)26(6,29)30)25(27)34-17(4)23(13-33-18(5)32)35-22-12-11-21(28)24(15(22)2)16(3)31/h7-12,23H,4,13H2,1-3,5-6H3/b25-14+. The first kappa shape index (κ1) is 28.2. The molecule has 0 aromatic heterocycles. The molecule has 0 spiro atoms. The van der Waals surface area contributed by atoms with Gasteiger partial charge in [0.1, 0.15) is 23.9 Å². The fourth-order valence-corrected chi connectivity index (χ4v) is 3.58. The van der Waals surface area contributed by atoms with Gasteiger partial charge in [0.25, 0.3) is 5.92 Å². The zero-order valence-corrected chi connectivity index (χ0v) is 21.6. The SMILES string of the molecule is C=C(O/C(Br)=C(\C)c1ccc(C(C)(F)F)cc1)C(COC(C)=O)Oc1ccc(F)c(C(C)=O)c1C. The number of halogens is 4. The van der Waals surface area contributed by atoms with Crippen molar-refractivity contribution < 1.29 is 37.0 Å². The van der Waals surface area contributed by atoms with Gasteiger partial charge in [-0.05, 0) is 54.4 Å². The van der Waals surface area contributed by atoms with E-state index >= 15 is 0 Å². The van der Waals surface area contributed by atoms with Crippen molar-refractivity contribution in [3.05, 3.63) is 81.5 Å². The van der Waals surface area contributed by atoms with Crippen molar-refractivity contribution in [2.45, 2.75) is 46.6 Å². The molecule has 0 aliphatic heterocycles. The number of hydrogen-bond donors (Lipinski definition) is 0. The van der Waals surface area contributed by atoms with Crippen LogP contribution in [-0.2, 0) is 20.2 Å². The molecular formula is C26H26BrF3O5. The van der Waals surface area contributed by atoms with Crippen LogP contribution in [0.1, 0.15) is 54.7 Å². The van der Waals surface area contributed by atoms with Crippen LogP contribution in [0.3, 0.4) is 0 Å². The summed E-state index contributed by atoms with van der Waals surface area (Å²) in [4.78, 5) is 23.2. The summed E-state index contributed by atoms with van der Waals surface area (Å²) in [5.74, 6) is -4.44. The maximum atomic E-state index is 14.1. The van der Waals surface area contributed by atoms with E-state index in [4.69, 9.17) is 14.2 Å². The van der Waals surface area contributed by atoms with Gasteiger partial charge in [0.2, 0.25) is 0 Å². The van der Waals surface area contributed by atoms with Gasteiger partial charge >= 0.3 is 5.97 Å². The molecule has 0 saturated heterocycles. The molecule has 0 aliphatic carbocycles. The van der Waals surface area contributed by atoms with Gasteiger partial charge in [-0.15, -0.1) is 0 Å².